The molecule has 0 bridgehead atoms. The second-order valence-corrected chi connectivity index (χ2v) is 5.75. The molecule has 2 aromatic rings. The molecule has 2 aromatic carbocycles. The predicted octanol–water partition coefficient (Wildman–Crippen LogP) is 3.05. The van der Waals surface area contributed by atoms with E-state index < -0.39 is 0 Å². The molecule has 0 unspecified atom stereocenters. The van der Waals surface area contributed by atoms with E-state index in [0.29, 0.717) is 0 Å². The quantitative estimate of drug-likeness (QED) is 0.851. The lowest BCUT2D eigenvalue weighted by Crippen LogP contribution is -2.46. The SMILES string of the molecule is C[C@@H](NO)c1ccc(N2CCN(c3ccccc3)CC2)cc1. The number of hydroxylamine groups is 1. The molecule has 4 heteroatoms. The van der Waals surface area contributed by atoms with Crippen LogP contribution >= 0.6 is 0 Å². The average Bonchev–Trinajstić information content (AvgIpc) is 2.62. The Hall–Kier alpha value is -2.04. The third-order valence-electron chi connectivity index (χ3n) is 4.35. The fourth-order valence-electron chi connectivity index (χ4n) is 2.91. The topological polar surface area (TPSA) is 38.7 Å². The van der Waals surface area contributed by atoms with Crippen LogP contribution in [0.5, 0.6) is 0 Å². The number of para-hydroxylation sites is 1. The largest absolute Gasteiger partial charge is 0.368 e. The first-order valence-corrected chi connectivity index (χ1v) is 7.82. The smallest absolute Gasteiger partial charge is 0.0540 e. The Morgan fingerprint density at radius 2 is 1.32 bits per heavy atom. The molecule has 0 amide bonds. The van der Waals surface area contributed by atoms with Crippen molar-refractivity contribution in [3.05, 3.63) is 60.2 Å². The minimum atomic E-state index is -0.0380. The van der Waals surface area contributed by atoms with Crippen LogP contribution in [0.4, 0.5) is 11.4 Å². The van der Waals surface area contributed by atoms with Crippen LogP contribution in [0, 0.1) is 0 Å². The van der Waals surface area contributed by atoms with Crippen molar-refractivity contribution in [3.63, 3.8) is 0 Å². The van der Waals surface area contributed by atoms with Crippen molar-refractivity contribution in [1.82, 2.24) is 5.48 Å². The zero-order valence-corrected chi connectivity index (χ0v) is 12.9. The van der Waals surface area contributed by atoms with E-state index in [1.807, 2.05) is 6.92 Å². The molecule has 4 nitrogen and oxygen atoms in total. The number of nitrogens with one attached hydrogen (secondary N) is 1. The molecular weight excluding hydrogens is 274 g/mol. The summed E-state index contributed by atoms with van der Waals surface area (Å²) in [5.41, 5.74) is 5.93. The van der Waals surface area contributed by atoms with Crippen LogP contribution in [-0.4, -0.2) is 31.4 Å². The van der Waals surface area contributed by atoms with Gasteiger partial charge in [-0.1, -0.05) is 30.3 Å². The highest BCUT2D eigenvalue weighted by molar-refractivity contribution is 5.52. The summed E-state index contributed by atoms with van der Waals surface area (Å²) in [6, 6.07) is 19.0. The van der Waals surface area contributed by atoms with Crippen LogP contribution in [0.1, 0.15) is 18.5 Å². The highest BCUT2D eigenvalue weighted by Gasteiger charge is 2.17. The van der Waals surface area contributed by atoms with Crippen molar-refractivity contribution in [2.45, 2.75) is 13.0 Å². The van der Waals surface area contributed by atoms with Crippen LogP contribution in [0.2, 0.25) is 0 Å². The molecule has 0 aromatic heterocycles. The highest BCUT2D eigenvalue weighted by Crippen LogP contribution is 2.22. The zero-order valence-electron chi connectivity index (χ0n) is 12.9. The van der Waals surface area contributed by atoms with Crippen molar-refractivity contribution in [2.75, 3.05) is 36.0 Å². The van der Waals surface area contributed by atoms with Gasteiger partial charge in [-0.2, -0.15) is 5.48 Å². The Bertz CT molecular complexity index is 577. The normalized spacial score (nSPS) is 16.6. The van der Waals surface area contributed by atoms with Gasteiger partial charge in [0.25, 0.3) is 0 Å². The maximum absolute atomic E-state index is 8.98. The second kappa shape index (κ2) is 6.81. The number of anilines is 2. The van der Waals surface area contributed by atoms with Crippen LogP contribution < -0.4 is 15.3 Å². The standard InChI is InChI=1S/C18H23N3O/c1-15(19-22)16-7-9-18(10-8-16)21-13-11-20(12-14-21)17-5-3-2-4-6-17/h2-10,15,19,22H,11-14H2,1H3/t15-/m1/s1. The van der Waals surface area contributed by atoms with Gasteiger partial charge in [0, 0.05) is 37.6 Å². The van der Waals surface area contributed by atoms with Crippen molar-refractivity contribution < 1.29 is 5.21 Å². The maximum atomic E-state index is 8.98. The third kappa shape index (κ3) is 3.24. The Kier molecular flexibility index (Phi) is 4.61. The number of benzene rings is 2. The molecular formula is C18H23N3O. The van der Waals surface area contributed by atoms with E-state index in [2.05, 4.69) is 69.9 Å². The Morgan fingerprint density at radius 3 is 1.82 bits per heavy atom. The van der Waals surface area contributed by atoms with E-state index in [1.54, 1.807) is 0 Å². The van der Waals surface area contributed by atoms with E-state index in [4.69, 9.17) is 5.21 Å². The van der Waals surface area contributed by atoms with E-state index in [9.17, 15) is 0 Å². The first-order chi connectivity index (χ1) is 10.8. The molecule has 22 heavy (non-hydrogen) atoms. The summed E-state index contributed by atoms with van der Waals surface area (Å²) in [6.45, 7) is 6.08. The Morgan fingerprint density at radius 1 is 0.818 bits per heavy atom. The molecule has 0 aliphatic carbocycles. The summed E-state index contributed by atoms with van der Waals surface area (Å²) >= 11 is 0. The number of hydrogen-bond donors (Lipinski definition) is 2. The van der Waals surface area contributed by atoms with E-state index in [-0.39, 0.29) is 6.04 Å². The van der Waals surface area contributed by atoms with Gasteiger partial charge in [-0.15, -0.1) is 0 Å². The third-order valence-corrected chi connectivity index (χ3v) is 4.35. The molecule has 1 aliphatic heterocycles. The molecule has 0 radical (unpaired) electrons. The summed E-state index contributed by atoms with van der Waals surface area (Å²) in [6.07, 6.45) is 0. The van der Waals surface area contributed by atoms with Gasteiger partial charge < -0.3 is 15.0 Å². The first kappa shape index (κ1) is 14.9. The van der Waals surface area contributed by atoms with Gasteiger partial charge in [-0.05, 0) is 36.8 Å². The highest BCUT2D eigenvalue weighted by atomic mass is 16.5. The average molecular weight is 297 g/mol. The fraction of sp³-hybridized carbons (Fsp3) is 0.333. The Labute approximate surface area is 131 Å². The Balaban J connectivity index is 1.61. The van der Waals surface area contributed by atoms with Gasteiger partial charge in [0.2, 0.25) is 0 Å². The monoisotopic (exact) mass is 297 g/mol. The molecule has 1 aliphatic rings. The van der Waals surface area contributed by atoms with Gasteiger partial charge in [-0.25, -0.2) is 0 Å². The molecule has 1 saturated heterocycles. The summed E-state index contributed by atoms with van der Waals surface area (Å²) in [4.78, 5) is 4.85. The van der Waals surface area contributed by atoms with Crippen LogP contribution in [0.3, 0.4) is 0 Å². The summed E-state index contributed by atoms with van der Waals surface area (Å²) in [5, 5.41) is 8.98. The molecule has 1 atom stereocenters. The van der Waals surface area contributed by atoms with Crippen molar-refractivity contribution in [3.8, 4) is 0 Å². The van der Waals surface area contributed by atoms with Gasteiger partial charge in [0.05, 0.1) is 6.04 Å². The molecule has 3 rings (SSSR count). The van der Waals surface area contributed by atoms with Gasteiger partial charge >= 0.3 is 0 Å². The van der Waals surface area contributed by atoms with E-state index >= 15 is 0 Å². The molecule has 116 valence electrons. The molecule has 0 spiro atoms. The minimum Gasteiger partial charge on any atom is -0.368 e. The summed E-state index contributed by atoms with van der Waals surface area (Å²) in [5.74, 6) is 0. The minimum absolute atomic E-state index is 0.0380. The lowest BCUT2D eigenvalue weighted by molar-refractivity contribution is 0.133. The number of rotatable bonds is 4. The lowest BCUT2D eigenvalue weighted by atomic mass is 10.1. The molecule has 1 heterocycles. The maximum Gasteiger partial charge on any atom is 0.0540 e. The predicted molar refractivity (Wildman–Crippen MR) is 90.6 cm³/mol. The van der Waals surface area contributed by atoms with Crippen molar-refractivity contribution >= 4 is 11.4 Å². The van der Waals surface area contributed by atoms with Crippen molar-refractivity contribution in [2.24, 2.45) is 0 Å². The van der Waals surface area contributed by atoms with Crippen LogP contribution in [0.15, 0.2) is 54.6 Å². The van der Waals surface area contributed by atoms with Crippen molar-refractivity contribution in [1.29, 1.82) is 0 Å². The summed E-state index contributed by atoms with van der Waals surface area (Å²) < 4.78 is 0. The molecule has 0 saturated carbocycles. The molecule has 2 N–H and O–H groups in total. The lowest BCUT2D eigenvalue weighted by Gasteiger charge is -2.37. The van der Waals surface area contributed by atoms with Gasteiger partial charge in [0.1, 0.15) is 0 Å². The number of piperazine rings is 1. The number of hydrogen-bond acceptors (Lipinski definition) is 4. The fourth-order valence-corrected chi connectivity index (χ4v) is 2.91. The van der Waals surface area contributed by atoms with E-state index in [0.717, 1.165) is 31.7 Å². The van der Waals surface area contributed by atoms with Crippen LogP contribution in [-0.2, 0) is 0 Å². The van der Waals surface area contributed by atoms with Crippen LogP contribution in [0.25, 0.3) is 0 Å². The van der Waals surface area contributed by atoms with E-state index in [1.165, 1.54) is 11.4 Å². The first-order valence-electron chi connectivity index (χ1n) is 7.82. The van der Waals surface area contributed by atoms with Gasteiger partial charge in [-0.3, -0.25) is 0 Å². The zero-order chi connectivity index (χ0) is 15.4. The second-order valence-electron chi connectivity index (χ2n) is 5.75. The number of nitrogens with zero attached hydrogens (tertiary/aromatic N) is 2. The van der Waals surface area contributed by atoms with Gasteiger partial charge in [0.15, 0.2) is 0 Å². The summed E-state index contributed by atoms with van der Waals surface area (Å²) in [7, 11) is 0. The molecule has 1 fully saturated rings.